The van der Waals surface area contributed by atoms with Gasteiger partial charge in [0.15, 0.2) is 0 Å². The summed E-state index contributed by atoms with van der Waals surface area (Å²) in [6, 6.07) is 5.39. The molecule has 1 aliphatic heterocycles. The van der Waals surface area contributed by atoms with Crippen molar-refractivity contribution in [1.29, 1.82) is 0 Å². The zero-order valence-corrected chi connectivity index (χ0v) is 15.0. The first kappa shape index (κ1) is 19.6. The minimum absolute atomic E-state index is 0.289. The summed E-state index contributed by atoms with van der Waals surface area (Å²) in [5.74, 6) is 0.365. The van der Waals surface area contributed by atoms with Gasteiger partial charge in [-0.25, -0.2) is 4.79 Å². The van der Waals surface area contributed by atoms with Crippen LogP contribution in [0.15, 0.2) is 24.3 Å². The van der Waals surface area contributed by atoms with Crippen LogP contribution in [0.5, 0.6) is 0 Å². The van der Waals surface area contributed by atoms with Crippen LogP contribution in [0.3, 0.4) is 0 Å². The molecule has 6 heteroatoms. The molecule has 0 unspecified atom stereocenters. The van der Waals surface area contributed by atoms with Crippen molar-refractivity contribution in [2.75, 3.05) is 13.1 Å². The van der Waals surface area contributed by atoms with Crippen molar-refractivity contribution >= 4 is 6.09 Å². The lowest BCUT2D eigenvalue weighted by atomic mass is 9.92. The van der Waals surface area contributed by atoms with Gasteiger partial charge in [-0.05, 0) is 70.1 Å². The summed E-state index contributed by atoms with van der Waals surface area (Å²) in [4.78, 5) is 13.9. The summed E-state index contributed by atoms with van der Waals surface area (Å²) in [6.07, 6.45) is -1.18. The molecule has 140 valence electrons. The van der Waals surface area contributed by atoms with E-state index in [2.05, 4.69) is 0 Å². The second-order valence-electron chi connectivity index (χ2n) is 7.66. The van der Waals surface area contributed by atoms with E-state index < -0.39 is 17.3 Å². The average Bonchev–Trinajstić information content (AvgIpc) is 2.71. The van der Waals surface area contributed by atoms with Crippen LogP contribution in [0.25, 0.3) is 0 Å². The predicted molar refractivity (Wildman–Crippen MR) is 90.3 cm³/mol. The number of hydrogen-bond acceptors (Lipinski definition) is 2. The number of carbonyl (C=O) groups is 1. The summed E-state index contributed by atoms with van der Waals surface area (Å²) in [5, 5.41) is 0. The van der Waals surface area contributed by atoms with E-state index in [1.807, 2.05) is 20.8 Å². The molecule has 1 amide bonds. The predicted octanol–water partition coefficient (Wildman–Crippen LogP) is 5.29. The number of likely N-dealkylation sites (tertiary alicyclic amines) is 1. The summed E-state index contributed by atoms with van der Waals surface area (Å²) in [6.45, 7) is 6.82. The molecular weight excluding hydrogens is 331 g/mol. The third-order valence-electron chi connectivity index (χ3n) is 4.31. The number of halogens is 3. The molecule has 1 fully saturated rings. The number of ether oxygens (including phenoxy) is 1. The first-order valence-electron chi connectivity index (χ1n) is 8.69. The van der Waals surface area contributed by atoms with Crippen LogP contribution in [0.4, 0.5) is 18.0 Å². The highest BCUT2D eigenvalue weighted by molar-refractivity contribution is 5.68. The summed E-state index contributed by atoms with van der Waals surface area (Å²) >= 11 is 0. The van der Waals surface area contributed by atoms with Crippen molar-refractivity contribution < 1.29 is 22.7 Å². The van der Waals surface area contributed by atoms with Crippen molar-refractivity contribution in [3.8, 4) is 0 Å². The molecule has 25 heavy (non-hydrogen) atoms. The van der Waals surface area contributed by atoms with E-state index in [0.29, 0.717) is 19.0 Å². The standard InChI is InChI=1S/C19H26F3NO2/c1-18(2,3)25-17(24)23-11-4-5-14(10-12-23)13-15-6-8-16(9-7-15)19(20,21)22/h6-9,14H,4-5,10-13H2,1-3H3/t14-/m1/s1. The maximum Gasteiger partial charge on any atom is 0.416 e. The average molecular weight is 357 g/mol. The van der Waals surface area contributed by atoms with Crippen molar-refractivity contribution in [3.63, 3.8) is 0 Å². The molecule has 3 nitrogen and oxygen atoms in total. The van der Waals surface area contributed by atoms with Crippen LogP contribution in [-0.2, 0) is 17.3 Å². The highest BCUT2D eigenvalue weighted by Crippen LogP contribution is 2.30. The zero-order valence-electron chi connectivity index (χ0n) is 15.0. The third kappa shape index (κ3) is 6.25. The maximum atomic E-state index is 12.6. The number of nitrogens with zero attached hydrogens (tertiary/aromatic N) is 1. The minimum Gasteiger partial charge on any atom is -0.444 e. The summed E-state index contributed by atoms with van der Waals surface area (Å²) in [5.41, 5.74) is -0.222. The van der Waals surface area contributed by atoms with Gasteiger partial charge in [-0.15, -0.1) is 0 Å². The molecule has 0 saturated carbocycles. The molecule has 2 rings (SSSR count). The van der Waals surface area contributed by atoms with Gasteiger partial charge in [0, 0.05) is 13.1 Å². The molecule has 1 saturated heterocycles. The molecular formula is C19H26F3NO2. The van der Waals surface area contributed by atoms with E-state index in [9.17, 15) is 18.0 Å². The Kier molecular flexibility index (Phi) is 6.01. The van der Waals surface area contributed by atoms with E-state index in [-0.39, 0.29) is 6.09 Å². The van der Waals surface area contributed by atoms with E-state index in [1.54, 1.807) is 17.0 Å². The topological polar surface area (TPSA) is 29.5 Å². The van der Waals surface area contributed by atoms with Crippen LogP contribution in [0, 0.1) is 5.92 Å². The largest absolute Gasteiger partial charge is 0.444 e. The molecule has 0 aromatic heterocycles. The highest BCUT2D eigenvalue weighted by atomic mass is 19.4. The van der Waals surface area contributed by atoms with Crippen LogP contribution >= 0.6 is 0 Å². The van der Waals surface area contributed by atoms with Crippen molar-refractivity contribution in [2.45, 2.75) is 58.2 Å². The van der Waals surface area contributed by atoms with E-state index >= 15 is 0 Å². The molecule has 1 atom stereocenters. The summed E-state index contributed by atoms with van der Waals surface area (Å²) < 4.78 is 43.3. The van der Waals surface area contributed by atoms with Gasteiger partial charge < -0.3 is 9.64 Å². The lowest BCUT2D eigenvalue weighted by molar-refractivity contribution is -0.137. The van der Waals surface area contributed by atoms with Crippen molar-refractivity contribution in [1.82, 2.24) is 4.90 Å². The SMILES string of the molecule is CC(C)(C)OC(=O)N1CCC[C@@H](Cc2ccc(C(F)(F)F)cc2)CC1. The monoisotopic (exact) mass is 357 g/mol. The highest BCUT2D eigenvalue weighted by Gasteiger charge is 2.30. The Balaban J connectivity index is 1.90. The van der Waals surface area contributed by atoms with Gasteiger partial charge in [-0.3, -0.25) is 0 Å². The quantitative estimate of drug-likeness (QED) is 0.720. The molecule has 1 aliphatic rings. The second-order valence-corrected chi connectivity index (χ2v) is 7.66. The van der Waals surface area contributed by atoms with E-state index in [0.717, 1.165) is 43.4 Å². The molecule has 1 aromatic rings. The van der Waals surface area contributed by atoms with Gasteiger partial charge >= 0.3 is 12.3 Å². The Bertz CT molecular complexity index is 576. The minimum atomic E-state index is -4.30. The smallest absolute Gasteiger partial charge is 0.416 e. The molecule has 0 N–H and O–H groups in total. The number of carbonyl (C=O) groups excluding carboxylic acids is 1. The normalized spacial score (nSPS) is 19.4. The van der Waals surface area contributed by atoms with Gasteiger partial charge in [-0.1, -0.05) is 12.1 Å². The lowest BCUT2D eigenvalue weighted by Crippen LogP contribution is -2.37. The number of amides is 1. The van der Waals surface area contributed by atoms with Crippen LogP contribution in [0.1, 0.15) is 51.2 Å². The van der Waals surface area contributed by atoms with Gasteiger partial charge in [0.05, 0.1) is 5.56 Å². The van der Waals surface area contributed by atoms with Crippen LogP contribution in [-0.4, -0.2) is 29.7 Å². The fraction of sp³-hybridized carbons (Fsp3) is 0.632. The van der Waals surface area contributed by atoms with Crippen LogP contribution < -0.4 is 0 Å². The maximum absolute atomic E-state index is 12.6. The third-order valence-corrected chi connectivity index (χ3v) is 4.31. The van der Waals surface area contributed by atoms with E-state index in [4.69, 9.17) is 4.74 Å². The Morgan fingerprint density at radius 2 is 1.76 bits per heavy atom. The second kappa shape index (κ2) is 7.67. The number of alkyl halides is 3. The van der Waals surface area contributed by atoms with Crippen molar-refractivity contribution in [2.24, 2.45) is 5.92 Å². The van der Waals surface area contributed by atoms with Gasteiger partial charge in [0.2, 0.25) is 0 Å². The first-order valence-corrected chi connectivity index (χ1v) is 8.69. The number of rotatable bonds is 2. The molecule has 0 spiro atoms. The van der Waals surface area contributed by atoms with Gasteiger partial charge in [-0.2, -0.15) is 13.2 Å². The first-order chi connectivity index (χ1) is 11.5. The molecule has 1 aromatic carbocycles. The van der Waals surface area contributed by atoms with Crippen molar-refractivity contribution in [3.05, 3.63) is 35.4 Å². The number of benzene rings is 1. The molecule has 0 aliphatic carbocycles. The Labute approximate surface area is 147 Å². The summed E-state index contributed by atoms with van der Waals surface area (Å²) in [7, 11) is 0. The molecule has 1 heterocycles. The Hall–Kier alpha value is -1.72. The Morgan fingerprint density at radius 3 is 2.32 bits per heavy atom. The fourth-order valence-corrected chi connectivity index (χ4v) is 3.04. The zero-order chi connectivity index (χ0) is 18.7. The molecule has 0 radical (unpaired) electrons. The van der Waals surface area contributed by atoms with Gasteiger partial charge in [0.25, 0.3) is 0 Å². The lowest BCUT2D eigenvalue weighted by Gasteiger charge is -2.26. The van der Waals surface area contributed by atoms with Crippen LogP contribution in [0.2, 0.25) is 0 Å². The number of hydrogen-bond donors (Lipinski definition) is 0. The van der Waals surface area contributed by atoms with E-state index in [1.165, 1.54) is 0 Å². The molecule has 0 bridgehead atoms. The van der Waals surface area contributed by atoms with Gasteiger partial charge in [0.1, 0.15) is 5.60 Å². The fourth-order valence-electron chi connectivity index (χ4n) is 3.04. The Morgan fingerprint density at radius 1 is 1.12 bits per heavy atom.